The van der Waals surface area contributed by atoms with E-state index in [4.69, 9.17) is 5.73 Å². The van der Waals surface area contributed by atoms with Crippen molar-refractivity contribution < 1.29 is 0 Å². The normalized spacial score (nSPS) is 37.5. The second kappa shape index (κ2) is 3.35. The predicted octanol–water partition coefficient (Wildman–Crippen LogP) is 0.722. The number of nitrogens with one attached hydrogen (secondary N) is 1. The number of rotatable bonds is 1. The van der Waals surface area contributed by atoms with Gasteiger partial charge >= 0.3 is 0 Å². The molecule has 0 aromatic heterocycles. The molecule has 0 radical (unpaired) electrons. The van der Waals surface area contributed by atoms with E-state index in [2.05, 4.69) is 19.2 Å². The van der Waals surface area contributed by atoms with E-state index in [9.17, 15) is 0 Å². The largest absolute Gasteiger partial charge is 0.327 e. The van der Waals surface area contributed by atoms with Gasteiger partial charge in [0.25, 0.3) is 0 Å². The fraction of sp³-hybridized carbons (Fsp3) is 1.00. The van der Waals surface area contributed by atoms with E-state index >= 15 is 0 Å². The van der Waals surface area contributed by atoms with Gasteiger partial charge in [0, 0.05) is 12.1 Å². The molecule has 0 aromatic carbocycles. The maximum Gasteiger partial charge on any atom is 0.0216 e. The quantitative estimate of drug-likeness (QED) is 0.566. The summed E-state index contributed by atoms with van der Waals surface area (Å²) in [6.45, 7) is 5.50. The number of hydrogen-bond donors (Lipinski definition) is 2. The molecule has 1 fully saturated rings. The maximum absolute atomic E-state index is 5.75. The van der Waals surface area contributed by atoms with E-state index in [-0.39, 0.29) is 0 Å². The van der Waals surface area contributed by atoms with Crippen molar-refractivity contribution in [3.8, 4) is 0 Å². The SMILES string of the molecule is CC1CCC(C(C)N)NC1. The van der Waals surface area contributed by atoms with Crippen LogP contribution in [0, 0.1) is 5.92 Å². The molecule has 1 aliphatic rings. The standard InChI is InChI=1S/C8H18N2/c1-6-3-4-8(7(2)9)10-5-6/h6-8,10H,3-5,9H2,1-2H3. The molecule has 0 bridgehead atoms. The molecule has 10 heavy (non-hydrogen) atoms. The monoisotopic (exact) mass is 142 g/mol. The molecule has 2 nitrogen and oxygen atoms in total. The Kier molecular flexibility index (Phi) is 2.69. The zero-order valence-corrected chi connectivity index (χ0v) is 6.93. The molecular formula is C8H18N2. The summed E-state index contributed by atoms with van der Waals surface area (Å²) in [6.07, 6.45) is 2.58. The highest BCUT2D eigenvalue weighted by atomic mass is 15.0. The smallest absolute Gasteiger partial charge is 0.0216 e. The van der Waals surface area contributed by atoms with Gasteiger partial charge in [-0.2, -0.15) is 0 Å². The molecule has 0 amide bonds. The Bertz CT molecular complexity index is 93.4. The van der Waals surface area contributed by atoms with Gasteiger partial charge in [-0.25, -0.2) is 0 Å². The predicted molar refractivity (Wildman–Crippen MR) is 43.8 cm³/mol. The van der Waals surface area contributed by atoms with E-state index < -0.39 is 0 Å². The second-order valence-corrected chi connectivity index (χ2v) is 3.56. The Morgan fingerprint density at radius 2 is 2.20 bits per heavy atom. The van der Waals surface area contributed by atoms with Crippen molar-refractivity contribution in [2.75, 3.05) is 6.54 Å². The molecular weight excluding hydrogens is 124 g/mol. The summed E-state index contributed by atoms with van der Waals surface area (Å²) in [6, 6.07) is 0.878. The van der Waals surface area contributed by atoms with Crippen LogP contribution in [0.15, 0.2) is 0 Å². The zero-order chi connectivity index (χ0) is 7.56. The molecule has 0 aromatic rings. The van der Waals surface area contributed by atoms with Crippen LogP contribution in [-0.4, -0.2) is 18.6 Å². The van der Waals surface area contributed by atoms with Crippen LogP contribution in [0.2, 0.25) is 0 Å². The van der Waals surface area contributed by atoms with Crippen molar-refractivity contribution in [1.29, 1.82) is 0 Å². The lowest BCUT2D eigenvalue weighted by Gasteiger charge is -2.30. The van der Waals surface area contributed by atoms with E-state index in [1.807, 2.05) is 0 Å². The van der Waals surface area contributed by atoms with Crippen molar-refractivity contribution in [1.82, 2.24) is 5.32 Å². The van der Waals surface area contributed by atoms with Crippen molar-refractivity contribution in [3.05, 3.63) is 0 Å². The third-order valence-corrected chi connectivity index (χ3v) is 2.33. The van der Waals surface area contributed by atoms with Gasteiger partial charge in [-0.05, 0) is 32.2 Å². The topological polar surface area (TPSA) is 38.0 Å². The molecule has 60 valence electrons. The molecule has 3 atom stereocenters. The van der Waals surface area contributed by atoms with Gasteiger partial charge in [-0.3, -0.25) is 0 Å². The van der Waals surface area contributed by atoms with Crippen molar-refractivity contribution in [2.45, 2.75) is 38.8 Å². The van der Waals surface area contributed by atoms with Gasteiger partial charge in [-0.15, -0.1) is 0 Å². The average Bonchev–Trinajstić information content (AvgIpc) is 1.88. The minimum atomic E-state index is 0.312. The summed E-state index contributed by atoms with van der Waals surface area (Å²) in [5.41, 5.74) is 5.75. The van der Waals surface area contributed by atoms with Crippen LogP contribution in [-0.2, 0) is 0 Å². The molecule has 1 rings (SSSR count). The zero-order valence-electron chi connectivity index (χ0n) is 6.93. The van der Waals surface area contributed by atoms with Crippen LogP contribution < -0.4 is 11.1 Å². The highest BCUT2D eigenvalue weighted by molar-refractivity contribution is 4.81. The van der Waals surface area contributed by atoms with E-state index in [0.717, 1.165) is 12.5 Å². The fourth-order valence-corrected chi connectivity index (χ4v) is 1.47. The summed E-state index contributed by atoms with van der Waals surface area (Å²) in [4.78, 5) is 0. The van der Waals surface area contributed by atoms with Crippen LogP contribution >= 0.6 is 0 Å². The summed E-state index contributed by atoms with van der Waals surface area (Å²) >= 11 is 0. The van der Waals surface area contributed by atoms with Crippen LogP contribution in [0.25, 0.3) is 0 Å². The lowest BCUT2D eigenvalue weighted by Crippen LogP contribution is -2.47. The summed E-state index contributed by atoms with van der Waals surface area (Å²) in [7, 11) is 0. The highest BCUT2D eigenvalue weighted by Gasteiger charge is 2.19. The van der Waals surface area contributed by atoms with Crippen LogP contribution in [0.1, 0.15) is 26.7 Å². The van der Waals surface area contributed by atoms with E-state index in [0.29, 0.717) is 12.1 Å². The lowest BCUT2D eigenvalue weighted by molar-refractivity contribution is 0.302. The van der Waals surface area contributed by atoms with Gasteiger partial charge in [0.2, 0.25) is 0 Å². The first-order valence-electron chi connectivity index (χ1n) is 4.19. The van der Waals surface area contributed by atoms with Crippen LogP contribution in [0.3, 0.4) is 0 Å². The van der Waals surface area contributed by atoms with Crippen LogP contribution in [0.5, 0.6) is 0 Å². The van der Waals surface area contributed by atoms with E-state index in [1.165, 1.54) is 12.8 Å². The Labute approximate surface area is 63.2 Å². The average molecular weight is 142 g/mol. The lowest BCUT2D eigenvalue weighted by atomic mass is 9.93. The third kappa shape index (κ3) is 1.96. The first-order chi connectivity index (χ1) is 4.70. The fourth-order valence-electron chi connectivity index (χ4n) is 1.47. The molecule has 1 aliphatic heterocycles. The van der Waals surface area contributed by atoms with Gasteiger partial charge < -0.3 is 11.1 Å². The van der Waals surface area contributed by atoms with Crippen LogP contribution in [0.4, 0.5) is 0 Å². The molecule has 0 spiro atoms. The molecule has 2 heteroatoms. The van der Waals surface area contributed by atoms with Crippen molar-refractivity contribution in [3.63, 3.8) is 0 Å². The Hall–Kier alpha value is -0.0800. The summed E-state index contributed by atoms with van der Waals surface area (Å²) in [5.74, 6) is 0.843. The Morgan fingerprint density at radius 1 is 1.50 bits per heavy atom. The molecule has 0 saturated carbocycles. The van der Waals surface area contributed by atoms with Gasteiger partial charge in [0.15, 0.2) is 0 Å². The molecule has 3 unspecified atom stereocenters. The minimum Gasteiger partial charge on any atom is -0.327 e. The maximum atomic E-state index is 5.75. The minimum absolute atomic E-state index is 0.312. The molecule has 0 aliphatic carbocycles. The Morgan fingerprint density at radius 3 is 2.60 bits per heavy atom. The van der Waals surface area contributed by atoms with Gasteiger partial charge in [0.1, 0.15) is 0 Å². The summed E-state index contributed by atoms with van der Waals surface area (Å²) < 4.78 is 0. The first-order valence-corrected chi connectivity index (χ1v) is 4.19. The van der Waals surface area contributed by atoms with Crippen molar-refractivity contribution >= 4 is 0 Å². The number of piperidine rings is 1. The number of nitrogens with two attached hydrogens (primary N) is 1. The first kappa shape index (κ1) is 8.02. The molecule has 3 N–H and O–H groups in total. The second-order valence-electron chi connectivity index (χ2n) is 3.56. The number of hydrogen-bond acceptors (Lipinski definition) is 2. The van der Waals surface area contributed by atoms with E-state index in [1.54, 1.807) is 0 Å². The highest BCUT2D eigenvalue weighted by Crippen LogP contribution is 2.14. The van der Waals surface area contributed by atoms with Gasteiger partial charge in [0.05, 0.1) is 0 Å². The van der Waals surface area contributed by atoms with Crippen molar-refractivity contribution in [2.24, 2.45) is 11.7 Å². The third-order valence-electron chi connectivity index (χ3n) is 2.33. The molecule has 1 heterocycles. The van der Waals surface area contributed by atoms with Gasteiger partial charge in [-0.1, -0.05) is 6.92 Å². The molecule has 1 saturated heterocycles. The summed E-state index contributed by atoms with van der Waals surface area (Å²) in [5, 5.41) is 3.44. The Balaban J connectivity index is 2.26.